The van der Waals surface area contributed by atoms with Crippen LogP contribution in [0.3, 0.4) is 0 Å². The van der Waals surface area contributed by atoms with Crippen molar-refractivity contribution in [1.82, 2.24) is 0 Å². The average Bonchev–Trinajstić information content (AvgIpc) is 3.18. The van der Waals surface area contributed by atoms with Crippen LogP contribution in [-0.4, -0.2) is 76.9 Å². The Hall–Kier alpha value is -2.89. The van der Waals surface area contributed by atoms with Crippen molar-refractivity contribution in [2.75, 3.05) is 26.4 Å². The summed E-state index contributed by atoms with van der Waals surface area (Å²) >= 11 is 0. The summed E-state index contributed by atoms with van der Waals surface area (Å²) < 4.78 is 32.5. The summed E-state index contributed by atoms with van der Waals surface area (Å²) in [5.74, 6) is -1.06. The topological polar surface area (TPSA) is 169 Å². The predicted molar refractivity (Wildman–Crippen MR) is 225 cm³/mol. The van der Waals surface area contributed by atoms with E-state index in [9.17, 15) is 29.3 Å². The second kappa shape index (κ2) is 39.0. The molecule has 0 saturated heterocycles. The fraction of sp³-hybridized carbons (Fsp3) is 0.636. The third-order valence-electron chi connectivity index (χ3n) is 8.13. The molecule has 0 radical (unpaired) electrons. The molecular formula is C44H73O11P. The zero-order valence-corrected chi connectivity index (χ0v) is 35.1. The molecule has 0 heterocycles. The molecule has 0 aliphatic heterocycles. The number of aliphatic hydroxyl groups excluding tert-OH is 3. The lowest BCUT2D eigenvalue weighted by Gasteiger charge is -2.20. The van der Waals surface area contributed by atoms with Crippen molar-refractivity contribution in [2.24, 2.45) is 0 Å². The van der Waals surface area contributed by atoms with Crippen LogP contribution < -0.4 is 0 Å². The summed E-state index contributed by atoms with van der Waals surface area (Å²) in [6, 6.07) is 0. The smallest absolute Gasteiger partial charge is 0.462 e. The van der Waals surface area contributed by atoms with E-state index < -0.39 is 57.9 Å². The lowest BCUT2D eigenvalue weighted by molar-refractivity contribution is -0.161. The first kappa shape index (κ1) is 53.1. The van der Waals surface area contributed by atoms with Gasteiger partial charge < -0.3 is 29.7 Å². The molecule has 0 fully saturated rings. The fourth-order valence-electron chi connectivity index (χ4n) is 4.92. The first-order valence-electron chi connectivity index (χ1n) is 20.7. The number of unbranched alkanes of at least 4 members (excludes halogenated alkanes) is 9. The van der Waals surface area contributed by atoms with Crippen molar-refractivity contribution in [2.45, 2.75) is 154 Å². The van der Waals surface area contributed by atoms with Gasteiger partial charge in [0.25, 0.3) is 0 Å². The van der Waals surface area contributed by atoms with Crippen LogP contribution in [0.5, 0.6) is 0 Å². The van der Waals surface area contributed by atoms with Crippen LogP contribution in [0, 0.1) is 0 Å². The van der Waals surface area contributed by atoms with Gasteiger partial charge in [-0.25, -0.2) is 4.57 Å². The Morgan fingerprint density at radius 3 is 1.88 bits per heavy atom. The Balaban J connectivity index is 4.51. The summed E-state index contributed by atoms with van der Waals surface area (Å²) in [4.78, 5) is 34.9. The van der Waals surface area contributed by atoms with Crippen molar-refractivity contribution in [1.29, 1.82) is 0 Å². The quantitative estimate of drug-likeness (QED) is 0.0155. The first-order valence-corrected chi connectivity index (χ1v) is 22.1. The van der Waals surface area contributed by atoms with E-state index in [1.807, 2.05) is 48.6 Å². The summed E-state index contributed by atoms with van der Waals surface area (Å²) in [5, 5.41) is 28.1. The zero-order valence-electron chi connectivity index (χ0n) is 34.2. The third kappa shape index (κ3) is 38.0. The number of phosphoric acid groups is 1. The highest BCUT2D eigenvalue weighted by molar-refractivity contribution is 7.47. The SMILES string of the molecule is CC/C=C\CC(O)/C=C/C=C/C/C=C\C/C=C\C/C=C\CCC(=O)OC[C@H](COP(=O)(O)OC[C@@H](O)CO)OC(=O)CCCCCCC/C=C\CCCCCC. The van der Waals surface area contributed by atoms with Gasteiger partial charge in [0.15, 0.2) is 6.10 Å². The van der Waals surface area contributed by atoms with Crippen LogP contribution in [0.25, 0.3) is 0 Å². The molecule has 0 aromatic rings. The first-order chi connectivity index (χ1) is 27.1. The fourth-order valence-corrected chi connectivity index (χ4v) is 5.71. The average molecular weight is 809 g/mol. The molecule has 320 valence electrons. The monoisotopic (exact) mass is 808 g/mol. The molecule has 0 bridgehead atoms. The second-order valence-electron chi connectivity index (χ2n) is 13.5. The van der Waals surface area contributed by atoms with Crippen LogP contribution in [0.4, 0.5) is 0 Å². The lowest BCUT2D eigenvalue weighted by atomic mass is 10.1. The molecule has 4 atom stereocenters. The minimum Gasteiger partial charge on any atom is -0.462 e. The van der Waals surface area contributed by atoms with E-state index in [0.29, 0.717) is 25.7 Å². The number of hydrogen-bond acceptors (Lipinski definition) is 10. The molecule has 0 aliphatic carbocycles. The summed E-state index contributed by atoms with van der Waals surface area (Å²) in [6.07, 6.45) is 41.8. The highest BCUT2D eigenvalue weighted by Gasteiger charge is 2.27. The minimum absolute atomic E-state index is 0.0947. The van der Waals surface area contributed by atoms with Gasteiger partial charge in [0, 0.05) is 12.8 Å². The van der Waals surface area contributed by atoms with E-state index in [2.05, 4.69) is 48.8 Å². The molecule has 0 aromatic heterocycles. The van der Waals surface area contributed by atoms with Gasteiger partial charge in [0.1, 0.15) is 12.7 Å². The maximum absolute atomic E-state index is 12.6. The van der Waals surface area contributed by atoms with Gasteiger partial charge in [0.05, 0.1) is 25.9 Å². The Morgan fingerprint density at radius 2 is 1.21 bits per heavy atom. The number of carbonyl (C=O) groups is 2. The Morgan fingerprint density at radius 1 is 0.625 bits per heavy atom. The maximum atomic E-state index is 12.6. The van der Waals surface area contributed by atoms with E-state index in [1.54, 1.807) is 6.08 Å². The predicted octanol–water partition coefficient (Wildman–Crippen LogP) is 9.63. The molecule has 2 unspecified atom stereocenters. The molecule has 0 aliphatic rings. The lowest BCUT2D eigenvalue weighted by Crippen LogP contribution is -2.29. The summed E-state index contributed by atoms with van der Waals surface area (Å²) in [7, 11) is -4.65. The number of carbonyl (C=O) groups excluding carboxylic acids is 2. The van der Waals surface area contributed by atoms with Gasteiger partial charge in [-0.15, -0.1) is 0 Å². The van der Waals surface area contributed by atoms with Crippen LogP contribution in [-0.2, 0) is 32.7 Å². The third-order valence-corrected chi connectivity index (χ3v) is 9.08. The van der Waals surface area contributed by atoms with Crippen molar-refractivity contribution < 1.29 is 52.9 Å². The van der Waals surface area contributed by atoms with Gasteiger partial charge in [-0.3, -0.25) is 18.6 Å². The van der Waals surface area contributed by atoms with Crippen LogP contribution in [0.1, 0.15) is 136 Å². The normalized spacial score (nSPS) is 15.3. The van der Waals surface area contributed by atoms with E-state index in [4.69, 9.17) is 19.1 Å². The number of allylic oxidation sites excluding steroid dienone is 12. The van der Waals surface area contributed by atoms with Crippen molar-refractivity contribution in [3.05, 3.63) is 85.1 Å². The molecule has 0 amide bonds. The van der Waals surface area contributed by atoms with Crippen molar-refractivity contribution in [3.8, 4) is 0 Å². The van der Waals surface area contributed by atoms with E-state index in [0.717, 1.165) is 57.8 Å². The highest BCUT2D eigenvalue weighted by Crippen LogP contribution is 2.43. The Bertz CT molecular complexity index is 1220. The molecule has 0 saturated carbocycles. The van der Waals surface area contributed by atoms with Crippen LogP contribution in [0.2, 0.25) is 0 Å². The van der Waals surface area contributed by atoms with Gasteiger partial charge >= 0.3 is 19.8 Å². The number of esters is 2. The Kier molecular flexibility index (Phi) is 36.9. The maximum Gasteiger partial charge on any atom is 0.472 e. The molecular weight excluding hydrogens is 735 g/mol. The summed E-state index contributed by atoms with van der Waals surface area (Å²) in [6.45, 7) is 2.02. The van der Waals surface area contributed by atoms with Gasteiger partial charge in [-0.2, -0.15) is 0 Å². The Labute approximate surface area is 337 Å². The molecule has 0 aromatic carbocycles. The molecule has 12 heteroatoms. The van der Waals surface area contributed by atoms with Crippen molar-refractivity contribution in [3.63, 3.8) is 0 Å². The molecule has 0 rings (SSSR count). The highest BCUT2D eigenvalue weighted by atomic mass is 31.2. The van der Waals surface area contributed by atoms with Crippen LogP contribution in [0.15, 0.2) is 85.1 Å². The molecule has 0 spiro atoms. The molecule has 4 N–H and O–H groups in total. The van der Waals surface area contributed by atoms with Gasteiger partial charge in [0.2, 0.25) is 0 Å². The molecule has 56 heavy (non-hydrogen) atoms. The zero-order chi connectivity index (χ0) is 41.4. The van der Waals surface area contributed by atoms with Gasteiger partial charge in [-0.1, -0.05) is 137 Å². The van der Waals surface area contributed by atoms with E-state index >= 15 is 0 Å². The van der Waals surface area contributed by atoms with Gasteiger partial charge in [-0.05, 0) is 70.6 Å². The number of rotatable bonds is 37. The van der Waals surface area contributed by atoms with Crippen molar-refractivity contribution >= 4 is 19.8 Å². The van der Waals surface area contributed by atoms with E-state index in [-0.39, 0.29) is 19.4 Å². The number of ether oxygens (including phenoxy) is 2. The number of aliphatic hydroxyl groups is 3. The van der Waals surface area contributed by atoms with Crippen LogP contribution >= 0.6 is 7.82 Å². The summed E-state index contributed by atoms with van der Waals surface area (Å²) in [5.41, 5.74) is 0. The molecule has 11 nitrogen and oxygen atoms in total. The second-order valence-corrected chi connectivity index (χ2v) is 14.9. The number of hydrogen-bond donors (Lipinski definition) is 4. The van der Waals surface area contributed by atoms with E-state index in [1.165, 1.54) is 25.7 Å². The largest absolute Gasteiger partial charge is 0.472 e. The minimum atomic E-state index is -4.65. The number of phosphoric ester groups is 1. The standard InChI is InChI=1S/C44H73O11P/c1-3-5-7-8-9-10-11-13-18-21-24-27-31-35-44(49)55-42(39-54-56(50,51)53-37-41(47)36-45)38-52-43(48)34-30-26-23-20-17-15-12-14-16-19-22-25-29-33-40(46)32-28-6-4-2/h6,10-11,14-17,22-23,25-26,28-29,33,40-42,45-47H,3-5,7-9,12-13,18-21,24,27,30-32,34-39H2,1-2H3,(H,50,51)/b11-10-,16-14-,17-15-,25-22+,26-23-,28-6-,33-29+/t40?,41-,42+/m0/s1.